The largest absolute Gasteiger partial charge is 0.378 e. The summed E-state index contributed by atoms with van der Waals surface area (Å²) >= 11 is 1.71. The van der Waals surface area contributed by atoms with Gasteiger partial charge in [-0.3, -0.25) is 4.79 Å². The molecular weight excluding hydrogens is 311 g/mol. The lowest BCUT2D eigenvalue weighted by atomic mass is 10.0. The first-order valence-corrected chi connectivity index (χ1v) is 8.53. The van der Waals surface area contributed by atoms with Gasteiger partial charge >= 0.3 is 0 Å². The predicted molar refractivity (Wildman–Crippen MR) is 92.7 cm³/mol. The van der Waals surface area contributed by atoms with Crippen LogP contribution in [-0.2, 0) is 0 Å². The SMILES string of the molecule is CN(C)c1cccc(C(=O)N[C@H]2CCSc3ccc(F)cc32)c1. The minimum Gasteiger partial charge on any atom is -0.378 e. The van der Waals surface area contributed by atoms with E-state index in [1.807, 2.05) is 37.2 Å². The molecule has 0 radical (unpaired) electrons. The van der Waals surface area contributed by atoms with Gasteiger partial charge in [0.1, 0.15) is 5.82 Å². The lowest BCUT2D eigenvalue weighted by Gasteiger charge is -2.26. The van der Waals surface area contributed by atoms with E-state index < -0.39 is 0 Å². The fraction of sp³-hybridized carbons (Fsp3) is 0.278. The van der Waals surface area contributed by atoms with E-state index in [9.17, 15) is 9.18 Å². The Hall–Kier alpha value is -2.01. The van der Waals surface area contributed by atoms with Crippen LogP contribution in [0.25, 0.3) is 0 Å². The number of carbonyl (C=O) groups excluding carboxylic acids is 1. The van der Waals surface area contributed by atoms with Crippen molar-refractivity contribution in [2.75, 3.05) is 24.7 Å². The summed E-state index contributed by atoms with van der Waals surface area (Å²) in [5.74, 6) is 0.530. The first-order chi connectivity index (χ1) is 11.0. The molecule has 1 atom stereocenters. The maximum atomic E-state index is 13.5. The predicted octanol–water partition coefficient (Wildman–Crippen LogP) is 3.86. The Bertz CT molecular complexity index is 733. The van der Waals surface area contributed by atoms with Crippen molar-refractivity contribution in [1.29, 1.82) is 0 Å². The zero-order valence-electron chi connectivity index (χ0n) is 13.2. The lowest BCUT2D eigenvalue weighted by Crippen LogP contribution is -2.30. The van der Waals surface area contributed by atoms with Crippen molar-refractivity contribution < 1.29 is 9.18 Å². The van der Waals surface area contributed by atoms with Crippen LogP contribution in [-0.4, -0.2) is 25.8 Å². The van der Waals surface area contributed by atoms with Crippen LogP contribution < -0.4 is 10.2 Å². The summed E-state index contributed by atoms with van der Waals surface area (Å²) in [6, 6.07) is 12.1. The molecule has 120 valence electrons. The molecule has 3 rings (SSSR count). The fourth-order valence-corrected chi connectivity index (χ4v) is 3.79. The molecule has 3 nitrogen and oxygen atoms in total. The molecule has 0 bridgehead atoms. The van der Waals surface area contributed by atoms with Crippen molar-refractivity contribution in [1.82, 2.24) is 5.32 Å². The van der Waals surface area contributed by atoms with Gasteiger partial charge in [0.15, 0.2) is 0 Å². The second kappa shape index (κ2) is 6.62. The second-order valence-corrected chi connectivity index (χ2v) is 6.93. The number of nitrogens with one attached hydrogen (secondary N) is 1. The quantitative estimate of drug-likeness (QED) is 0.927. The number of benzene rings is 2. The average Bonchev–Trinajstić information content (AvgIpc) is 2.55. The molecule has 2 aromatic carbocycles. The second-order valence-electron chi connectivity index (χ2n) is 5.79. The number of nitrogens with zero attached hydrogens (tertiary/aromatic N) is 1. The molecule has 5 heteroatoms. The first-order valence-electron chi connectivity index (χ1n) is 7.55. The smallest absolute Gasteiger partial charge is 0.251 e. The molecule has 23 heavy (non-hydrogen) atoms. The first kappa shape index (κ1) is 15.9. The Labute approximate surface area is 139 Å². The standard InChI is InChI=1S/C18H19FN2OS/c1-21(2)14-5-3-4-12(10-14)18(22)20-16-8-9-23-17-7-6-13(19)11-15(16)17/h3-7,10-11,16H,8-9H2,1-2H3,(H,20,22)/t16-/m0/s1. The molecule has 2 aromatic rings. The minimum absolute atomic E-state index is 0.124. The number of anilines is 1. The molecule has 0 saturated heterocycles. The van der Waals surface area contributed by atoms with Crippen molar-refractivity contribution in [2.24, 2.45) is 0 Å². The summed E-state index contributed by atoms with van der Waals surface area (Å²) in [5.41, 5.74) is 2.47. The number of carbonyl (C=O) groups is 1. The van der Waals surface area contributed by atoms with Gasteiger partial charge in [-0.1, -0.05) is 6.07 Å². The third kappa shape index (κ3) is 3.50. The molecule has 0 aliphatic carbocycles. The number of hydrogen-bond acceptors (Lipinski definition) is 3. The normalized spacial score (nSPS) is 16.6. The number of hydrogen-bond donors (Lipinski definition) is 1. The Morgan fingerprint density at radius 2 is 2.09 bits per heavy atom. The molecule has 1 N–H and O–H groups in total. The van der Waals surface area contributed by atoms with Crippen LogP contribution in [0.4, 0.5) is 10.1 Å². The van der Waals surface area contributed by atoms with Gasteiger partial charge in [0, 0.05) is 36.0 Å². The summed E-state index contributed by atoms with van der Waals surface area (Å²) in [4.78, 5) is 15.6. The molecule has 1 heterocycles. The van der Waals surface area contributed by atoms with Crippen molar-refractivity contribution in [3.8, 4) is 0 Å². The molecule has 1 amide bonds. The van der Waals surface area contributed by atoms with Crippen LogP contribution in [0, 0.1) is 5.82 Å². The zero-order valence-corrected chi connectivity index (χ0v) is 14.0. The Morgan fingerprint density at radius 1 is 1.26 bits per heavy atom. The van der Waals surface area contributed by atoms with Gasteiger partial charge in [-0.2, -0.15) is 0 Å². The van der Waals surface area contributed by atoms with Crippen molar-refractivity contribution in [3.63, 3.8) is 0 Å². The van der Waals surface area contributed by atoms with E-state index in [1.54, 1.807) is 23.9 Å². The van der Waals surface area contributed by atoms with E-state index in [1.165, 1.54) is 12.1 Å². The third-order valence-corrected chi connectivity index (χ3v) is 5.06. The summed E-state index contributed by atoms with van der Waals surface area (Å²) in [6.07, 6.45) is 0.806. The van der Waals surface area contributed by atoms with Crippen molar-refractivity contribution in [2.45, 2.75) is 17.4 Å². The maximum Gasteiger partial charge on any atom is 0.251 e. The molecule has 1 aliphatic rings. The number of halogens is 1. The van der Waals surface area contributed by atoms with Gasteiger partial charge in [0.05, 0.1) is 6.04 Å². The van der Waals surface area contributed by atoms with Gasteiger partial charge < -0.3 is 10.2 Å². The van der Waals surface area contributed by atoms with Crippen LogP contribution in [0.15, 0.2) is 47.4 Å². The number of fused-ring (bicyclic) bond motifs is 1. The summed E-state index contributed by atoms with van der Waals surface area (Å²) in [7, 11) is 3.88. The lowest BCUT2D eigenvalue weighted by molar-refractivity contribution is 0.0935. The molecule has 0 spiro atoms. The highest BCUT2D eigenvalue weighted by molar-refractivity contribution is 7.99. The van der Waals surface area contributed by atoms with Gasteiger partial charge in [0.2, 0.25) is 0 Å². The maximum absolute atomic E-state index is 13.5. The van der Waals surface area contributed by atoms with Crippen LogP contribution in [0.1, 0.15) is 28.4 Å². The van der Waals surface area contributed by atoms with E-state index >= 15 is 0 Å². The molecule has 0 saturated carbocycles. The average molecular weight is 330 g/mol. The molecule has 0 unspecified atom stereocenters. The molecule has 0 fully saturated rings. The van der Waals surface area contributed by atoms with Crippen molar-refractivity contribution in [3.05, 3.63) is 59.4 Å². The number of rotatable bonds is 3. The monoisotopic (exact) mass is 330 g/mol. The molecule has 0 aromatic heterocycles. The highest BCUT2D eigenvalue weighted by atomic mass is 32.2. The topological polar surface area (TPSA) is 32.3 Å². The molecular formula is C18H19FN2OS. The minimum atomic E-state index is -0.264. The van der Waals surface area contributed by atoms with Gasteiger partial charge in [-0.25, -0.2) is 4.39 Å². The molecule has 1 aliphatic heterocycles. The van der Waals surface area contributed by atoms with E-state index in [-0.39, 0.29) is 17.8 Å². The zero-order chi connectivity index (χ0) is 16.4. The Balaban J connectivity index is 1.82. The van der Waals surface area contributed by atoms with Crippen LogP contribution in [0.2, 0.25) is 0 Å². The number of thioether (sulfide) groups is 1. The van der Waals surface area contributed by atoms with Crippen LogP contribution in [0.5, 0.6) is 0 Å². The highest BCUT2D eigenvalue weighted by Crippen LogP contribution is 2.36. The Kier molecular flexibility index (Phi) is 4.57. The summed E-state index contributed by atoms with van der Waals surface area (Å²) < 4.78 is 13.5. The van der Waals surface area contributed by atoms with Crippen molar-refractivity contribution >= 4 is 23.4 Å². The van der Waals surface area contributed by atoms with E-state index in [4.69, 9.17) is 0 Å². The van der Waals surface area contributed by atoms with Gasteiger partial charge in [-0.05, 0) is 48.4 Å². The van der Waals surface area contributed by atoms with Gasteiger partial charge in [0.25, 0.3) is 5.91 Å². The van der Waals surface area contributed by atoms with Crippen LogP contribution in [0.3, 0.4) is 0 Å². The van der Waals surface area contributed by atoms with Gasteiger partial charge in [-0.15, -0.1) is 11.8 Å². The summed E-state index contributed by atoms with van der Waals surface area (Å²) in [6.45, 7) is 0. The van der Waals surface area contributed by atoms with Crippen LogP contribution >= 0.6 is 11.8 Å². The third-order valence-electron chi connectivity index (χ3n) is 3.94. The van der Waals surface area contributed by atoms with E-state index in [0.29, 0.717) is 5.56 Å². The number of amides is 1. The van der Waals surface area contributed by atoms with E-state index in [2.05, 4.69) is 5.32 Å². The highest BCUT2D eigenvalue weighted by Gasteiger charge is 2.23. The summed E-state index contributed by atoms with van der Waals surface area (Å²) in [5, 5.41) is 3.05. The fourth-order valence-electron chi connectivity index (χ4n) is 2.68. The Morgan fingerprint density at radius 3 is 2.87 bits per heavy atom. The van der Waals surface area contributed by atoms with E-state index in [0.717, 1.165) is 28.3 Å².